The lowest BCUT2D eigenvalue weighted by molar-refractivity contribution is -0.134. The number of alkyl halides is 2. The highest BCUT2D eigenvalue weighted by molar-refractivity contribution is 5.65. The Hall–Kier alpha value is -3.79. The van der Waals surface area contributed by atoms with Gasteiger partial charge in [0.1, 0.15) is 17.6 Å². The minimum Gasteiger partial charge on any atom is -0.490 e. The summed E-state index contributed by atoms with van der Waals surface area (Å²) in [4.78, 5) is 12.3. The van der Waals surface area contributed by atoms with E-state index >= 15 is 0 Å². The summed E-state index contributed by atoms with van der Waals surface area (Å²) >= 11 is 0. The number of nitrogens with zero attached hydrogens (tertiary/aromatic N) is 3. The van der Waals surface area contributed by atoms with Crippen LogP contribution in [-0.4, -0.2) is 57.5 Å². The van der Waals surface area contributed by atoms with Gasteiger partial charge in [-0.25, -0.2) is 13.6 Å². The molecule has 0 radical (unpaired) electrons. The van der Waals surface area contributed by atoms with Crippen LogP contribution in [0.5, 0.6) is 17.4 Å². The van der Waals surface area contributed by atoms with E-state index in [4.69, 9.17) is 14.6 Å². The number of likely N-dealkylation sites (tertiary alicyclic amines) is 1. The normalized spacial score (nSPS) is 20.6. The van der Waals surface area contributed by atoms with Crippen molar-refractivity contribution in [1.29, 1.82) is 0 Å². The highest BCUT2D eigenvalue weighted by atomic mass is 19.3. The van der Waals surface area contributed by atoms with E-state index in [1.54, 1.807) is 17.0 Å². The Bertz CT molecular complexity index is 1250. The Kier molecular flexibility index (Phi) is 6.92. The molecule has 1 saturated carbocycles. The third-order valence-corrected chi connectivity index (χ3v) is 7.09. The molecule has 1 aliphatic heterocycles. The van der Waals surface area contributed by atoms with Crippen LogP contribution in [0.25, 0.3) is 0 Å². The molecule has 38 heavy (non-hydrogen) atoms. The maximum atomic E-state index is 13.0. The van der Waals surface area contributed by atoms with Crippen LogP contribution in [0.2, 0.25) is 0 Å². The maximum absolute atomic E-state index is 13.0. The molecule has 2 aliphatic rings. The van der Waals surface area contributed by atoms with Gasteiger partial charge in [0.15, 0.2) is 0 Å². The highest BCUT2D eigenvalue weighted by Gasteiger charge is 2.43. The summed E-state index contributed by atoms with van der Waals surface area (Å²) in [5.41, 5.74) is 2.58. The molecule has 1 aromatic heterocycles. The summed E-state index contributed by atoms with van der Waals surface area (Å²) in [5.74, 6) is -0.878. The smallest absolute Gasteiger partial charge is 0.404 e. The Balaban J connectivity index is 1.14. The van der Waals surface area contributed by atoms with Gasteiger partial charge >= 0.3 is 6.09 Å². The van der Waals surface area contributed by atoms with E-state index in [1.165, 1.54) is 0 Å². The van der Waals surface area contributed by atoms with E-state index < -0.39 is 12.0 Å². The van der Waals surface area contributed by atoms with E-state index in [0.717, 1.165) is 16.9 Å². The molecule has 2 aromatic carbocycles. The van der Waals surface area contributed by atoms with Gasteiger partial charge in [-0.15, -0.1) is 5.10 Å². The number of rotatable bonds is 9. The summed E-state index contributed by atoms with van der Waals surface area (Å²) < 4.78 is 37.8. The molecule has 2 heterocycles. The number of carboxylic acid groups (broad SMARTS) is 1. The predicted molar refractivity (Wildman–Crippen MR) is 136 cm³/mol. The molecule has 2 N–H and O–H groups in total. The van der Waals surface area contributed by atoms with Crippen molar-refractivity contribution in [3.63, 3.8) is 0 Å². The second-order valence-electron chi connectivity index (χ2n) is 10.5. The molecule has 3 aromatic rings. The fourth-order valence-electron chi connectivity index (χ4n) is 4.76. The zero-order chi connectivity index (χ0) is 26.9. The summed E-state index contributed by atoms with van der Waals surface area (Å²) in [6.07, 6.45) is 0.360. The summed E-state index contributed by atoms with van der Waals surface area (Å²) in [5, 5.41) is 19.4. The van der Waals surface area contributed by atoms with Gasteiger partial charge in [-0.1, -0.05) is 38.1 Å². The number of nitrogens with one attached hydrogen (secondary N) is 1. The molecule has 2 fully saturated rings. The van der Waals surface area contributed by atoms with Crippen molar-refractivity contribution in [3.05, 3.63) is 77.5 Å². The maximum Gasteiger partial charge on any atom is 0.404 e. The number of carbonyl (C=O) groups is 1. The van der Waals surface area contributed by atoms with Crippen molar-refractivity contribution in [2.24, 2.45) is 0 Å². The van der Waals surface area contributed by atoms with Crippen LogP contribution in [0.1, 0.15) is 43.5 Å². The first-order chi connectivity index (χ1) is 18.1. The molecule has 0 atom stereocenters. The van der Waals surface area contributed by atoms with Gasteiger partial charge in [-0.2, -0.15) is 5.10 Å². The van der Waals surface area contributed by atoms with Gasteiger partial charge in [0.05, 0.1) is 18.8 Å². The van der Waals surface area contributed by atoms with Gasteiger partial charge in [0, 0.05) is 36.9 Å². The molecule has 8 nitrogen and oxygen atoms in total. The lowest BCUT2D eigenvalue weighted by Crippen LogP contribution is -2.55. The van der Waals surface area contributed by atoms with Crippen molar-refractivity contribution in [2.75, 3.05) is 13.1 Å². The zero-order valence-electron chi connectivity index (χ0n) is 21.2. The Morgan fingerprint density at radius 1 is 1.00 bits per heavy atom. The van der Waals surface area contributed by atoms with Crippen LogP contribution >= 0.6 is 0 Å². The fraction of sp³-hybridized carbons (Fsp3) is 0.393. The van der Waals surface area contributed by atoms with E-state index in [0.29, 0.717) is 36.7 Å². The third-order valence-electron chi connectivity index (χ3n) is 7.09. The van der Waals surface area contributed by atoms with E-state index in [2.05, 4.69) is 29.4 Å². The average Bonchev–Trinajstić information content (AvgIpc) is 2.83. The van der Waals surface area contributed by atoms with Gasteiger partial charge in [-0.05, 0) is 41.5 Å². The first-order valence-corrected chi connectivity index (χ1v) is 12.5. The average molecular weight is 525 g/mol. The van der Waals surface area contributed by atoms with Gasteiger partial charge < -0.3 is 19.9 Å². The van der Waals surface area contributed by atoms with Crippen LogP contribution in [0, 0.1) is 0 Å². The van der Waals surface area contributed by atoms with Crippen molar-refractivity contribution in [3.8, 4) is 17.4 Å². The number of ether oxygens (including phenoxy) is 2. The Morgan fingerprint density at radius 3 is 2.13 bits per heavy atom. The Labute approximate surface area is 219 Å². The molecular weight excluding hydrogens is 494 g/mol. The molecule has 0 bridgehead atoms. The molecule has 0 spiro atoms. The molecule has 200 valence electrons. The van der Waals surface area contributed by atoms with E-state index in [1.807, 2.05) is 48.5 Å². The molecule has 5 rings (SSSR count). The van der Waals surface area contributed by atoms with E-state index in [-0.39, 0.29) is 30.7 Å². The van der Waals surface area contributed by atoms with Crippen molar-refractivity contribution >= 4 is 6.09 Å². The van der Waals surface area contributed by atoms with Gasteiger partial charge in [0.25, 0.3) is 5.92 Å². The molecule has 0 unspecified atom stereocenters. The van der Waals surface area contributed by atoms with Gasteiger partial charge in [-0.3, -0.25) is 4.90 Å². The largest absolute Gasteiger partial charge is 0.490 e. The van der Waals surface area contributed by atoms with Crippen molar-refractivity contribution < 1.29 is 28.2 Å². The third kappa shape index (κ3) is 6.02. The summed E-state index contributed by atoms with van der Waals surface area (Å²) in [7, 11) is 0. The first kappa shape index (κ1) is 25.8. The minimum atomic E-state index is -2.60. The number of hydrogen-bond acceptors (Lipinski definition) is 6. The highest BCUT2D eigenvalue weighted by Crippen LogP contribution is 2.35. The predicted octanol–water partition coefficient (Wildman–Crippen LogP) is 5.22. The number of halogens is 2. The molecular formula is C28H30F2N4O4. The van der Waals surface area contributed by atoms with Crippen LogP contribution < -0.4 is 14.8 Å². The lowest BCUT2D eigenvalue weighted by atomic mass is 9.78. The lowest BCUT2D eigenvalue weighted by Gasteiger charge is -2.38. The minimum absolute atomic E-state index is 0.0210. The van der Waals surface area contributed by atoms with Crippen LogP contribution in [0.4, 0.5) is 13.6 Å². The molecule has 10 heteroatoms. The fourth-order valence-corrected chi connectivity index (χ4v) is 4.76. The monoisotopic (exact) mass is 524 g/mol. The van der Waals surface area contributed by atoms with Crippen molar-refractivity contribution in [1.82, 2.24) is 20.4 Å². The van der Waals surface area contributed by atoms with Crippen molar-refractivity contribution in [2.45, 2.75) is 56.7 Å². The van der Waals surface area contributed by atoms with Crippen LogP contribution in [-0.2, 0) is 12.0 Å². The number of aromatic nitrogens is 2. The first-order valence-electron chi connectivity index (χ1n) is 12.5. The Morgan fingerprint density at radius 2 is 1.61 bits per heavy atom. The second kappa shape index (κ2) is 10.2. The standard InChI is InChI=1S/C28H30F2N4O4/c1-27(2,18-3-8-22(9-4-18)37-24-13-21(14-24)31-26(35)36)19-5-10-23(11-6-19)38-25-12-7-20(32-33-25)15-34-16-28(29,30)17-34/h3-12,21,24,31H,13-17H2,1-2H3,(H,35,36). The number of amides is 1. The zero-order valence-corrected chi connectivity index (χ0v) is 21.2. The summed E-state index contributed by atoms with van der Waals surface area (Å²) in [6, 6.07) is 19.1. The van der Waals surface area contributed by atoms with E-state index in [9.17, 15) is 13.6 Å². The molecule has 1 saturated heterocycles. The molecule has 1 aliphatic carbocycles. The number of hydrogen-bond donors (Lipinski definition) is 2. The topological polar surface area (TPSA) is 96.8 Å². The van der Waals surface area contributed by atoms with Crippen LogP contribution in [0.3, 0.4) is 0 Å². The SMILES string of the molecule is CC(C)(c1ccc(Oc2ccc(CN3CC(F)(F)C3)nn2)cc1)c1ccc(OC2CC(NC(=O)O)C2)cc1. The number of benzene rings is 2. The molecule has 1 amide bonds. The second-order valence-corrected chi connectivity index (χ2v) is 10.5. The quantitative estimate of drug-likeness (QED) is 0.396. The summed E-state index contributed by atoms with van der Waals surface area (Å²) in [6.45, 7) is 4.13. The van der Waals surface area contributed by atoms with Gasteiger partial charge in [0.2, 0.25) is 5.88 Å². The van der Waals surface area contributed by atoms with Crippen LogP contribution in [0.15, 0.2) is 60.7 Å².